The minimum Gasteiger partial charge on any atom is -0.459 e. The number of hydrogen-bond donors (Lipinski definition) is 1. The lowest BCUT2D eigenvalue weighted by Gasteiger charge is -2.41. The molecule has 0 saturated carbocycles. The third-order valence-corrected chi connectivity index (χ3v) is 3.70. The molecule has 2 aliphatic rings. The number of ether oxygens (including phenoxy) is 4. The average Bonchev–Trinajstić information content (AvgIpc) is 2.66. The zero-order chi connectivity index (χ0) is 14.2. The van der Waals surface area contributed by atoms with Gasteiger partial charge in [0.15, 0.2) is 6.29 Å². The van der Waals surface area contributed by atoms with Crippen LogP contribution in [0.2, 0.25) is 0 Å². The quantitative estimate of drug-likeness (QED) is 0.802. The number of fused-ring (bicyclic) bond motifs is 1. The molecule has 0 radical (unpaired) electrons. The molecule has 2 aliphatic heterocycles. The Morgan fingerprint density at radius 2 is 2.20 bits per heavy atom. The number of carbonyl (C=O) groups is 1. The topological polar surface area (TPSA) is 74.2 Å². The molecule has 0 bridgehead atoms. The van der Waals surface area contributed by atoms with Crippen LogP contribution in [0, 0.1) is 0 Å². The van der Waals surface area contributed by atoms with Crippen LogP contribution in [0.25, 0.3) is 0 Å². The summed E-state index contributed by atoms with van der Waals surface area (Å²) in [6.07, 6.45) is -1.79. The molecule has 6 heteroatoms. The van der Waals surface area contributed by atoms with E-state index >= 15 is 0 Å². The second-order valence-corrected chi connectivity index (χ2v) is 4.92. The summed E-state index contributed by atoms with van der Waals surface area (Å²) in [5, 5.41) is 10.4. The Labute approximate surface area is 116 Å². The lowest BCUT2D eigenvalue weighted by atomic mass is 9.89. The molecule has 2 heterocycles. The summed E-state index contributed by atoms with van der Waals surface area (Å²) >= 11 is 0. The summed E-state index contributed by atoms with van der Waals surface area (Å²) in [6.45, 7) is 0.120. The zero-order valence-corrected chi connectivity index (χ0v) is 11.0. The highest BCUT2D eigenvalue weighted by molar-refractivity contribution is 5.89. The minimum atomic E-state index is -1.14. The molecule has 0 spiro atoms. The molecule has 0 aliphatic carbocycles. The fourth-order valence-corrected chi connectivity index (χ4v) is 2.46. The van der Waals surface area contributed by atoms with Crippen LogP contribution in [0.5, 0.6) is 0 Å². The molecule has 4 atom stereocenters. The van der Waals surface area contributed by atoms with Gasteiger partial charge in [0.05, 0.1) is 12.2 Å². The van der Waals surface area contributed by atoms with Crippen molar-refractivity contribution in [2.45, 2.75) is 24.1 Å². The smallest absolute Gasteiger partial charge is 0.338 e. The molecule has 2 saturated heterocycles. The first-order chi connectivity index (χ1) is 9.65. The number of aliphatic hydroxyl groups is 1. The SMILES string of the molecule is CO[C@H]1O[C@H](COC(=O)c2ccccc2)[C@@]2(O)CO[C@H]12. The molecular weight excluding hydrogens is 264 g/mol. The Morgan fingerprint density at radius 3 is 2.75 bits per heavy atom. The summed E-state index contributed by atoms with van der Waals surface area (Å²) in [5.74, 6) is -0.449. The zero-order valence-electron chi connectivity index (χ0n) is 11.0. The van der Waals surface area contributed by atoms with Gasteiger partial charge in [0.2, 0.25) is 0 Å². The van der Waals surface area contributed by atoms with Crippen molar-refractivity contribution in [2.75, 3.05) is 20.3 Å². The van der Waals surface area contributed by atoms with Crippen LogP contribution in [0.3, 0.4) is 0 Å². The Bertz CT molecular complexity index is 490. The third kappa shape index (κ3) is 2.10. The Hall–Kier alpha value is -1.47. The minimum absolute atomic E-state index is 0.0378. The number of esters is 1. The van der Waals surface area contributed by atoms with Gasteiger partial charge < -0.3 is 24.1 Å². The van der Waals surface area contributed by atoms with Gasteiger partial charge in [-0.1, -0.05) is 18.2 Å². The maximum atomic E-state index is 11.8. The van der Waals surface area contributed by atoms with Crippen molar-refractivity contribution in [1.29, 1.82) is 0 Å². The lowest BCUT2D eigenvalue weighted by Crippen LogP contribution is -2.63. The molecule has 2 fully saturated rings. The van der Waals surface area contributed by atoms with E-state index in [1.807, 2.05) is 6.07 Å². The highest BCUT2D eigenvalue weighted by Gasteiger charge is 2.64. The highest BCUT2D eigenvalue weighted by atomic mass is 16.7. The molecule has 1 N–H and O–H groups in total. The van der Waals surface area contributed by atoms with E-state index < -0.39 is 30.1 Å². The van der Waals surface area contributed by atoms with Gasteiger partial charge in [0.25, 0.3) is 0 Å². The first-order valence-electron chi connectivity index (χ1n) is 6.39. The molecule has 6 nitrogen and oxygen atoms in total. The first kappa shape index (κ1) is 13.5. The molecule has 108 valence electrons. The Morgan fingerprint density at radius 1 is 1.45 bits per heavy atom. The third-order valence-electron chi connectivity index (χ3n) is 3.70. The van der Waals surface area contributed by atoms with Gasteiger partial charge in [-0.05, 0) is 12.1 Å². The van der Waals surface area contributed by atoms with Crippen molar-refractivity contribution in [1.82, 2.24) is 0 Å². The van der Waals surface area contributed by atoms with Crippen molar-refractivity contribution in [3.05, 3.63) is 35.9 Å². The van der Waals surface area contributed by atoms with E-state index in [2.05, 4.69) is 0 Å². The van der Waals surface area contributed by atoms with Crippen LogP contribution < -0.4 is 0 Å². The second kappa shape index (κ2) is 5.14. The average molecular weight is 280 g/mol. The van der Waals surface area contributed by atoms with E-state index in [4.69, 9.17) is 18.9 Å². The fraction of sp³-hybridized carbons (Fsp3) is 0.500. The van der Waals surface area contributed by atoms with Gasteiger partial charge in [-0.2, -0.15) is 0 Å². The maximum absolute atomic E-state index is 11.8. The standard InChI is InChI=1S/C14H16O6/c1-17-13-11-14(16,8-19-11)10(20-13)7-18-12(15)9-5-3-2-4-6-9/h2-6,10-11,13,16H,7-8H2,1H3/t10-,11-,13+,14+/m1/s1. The summed E-state index contributed by atoms with van der Waals surface area (Å²) in [7, 11) is 1.48. The number of methoxy groups -OCH3 is 1. The largest absolute Gasteiger partial charge is 0.459 e. The van der Waals surface area contributed by atoms with Crippen molar-refractivity contribution >= 4 is 5.97 Å². The van der Waals surface area contributed by atoms with Gasteiger partial charge in [0, 0.05) is 7.11 Å². The molecule has 1 aromatic carbocycles. The lowest BCUT2D eigenvalue weighted by molar-refractivity contribution is -0.250. The molecule has 0 unspecified atom stereocenters. The summed E-state index contributed by atoms with van der Waals surface area (Å²) in [5.41, 5.74) is -0.681. The molecule has 20 heavy (non-hydrogen) atoms. The normalized spacial score (nSPS) is 35.2. The summed E-state index contributed by atoms with van der Waals surface area (Å²) in [6, 6.07) is 8.67. The second-order valence-electron chi connectivity index (χ2n) is 4.92. The van der Waals surface area contributed by atoms with Gasteiger partial charge in [-0.3, -0.25) is 0 Å². The Balaban J connectivity index is 1.60. The first-order valence-corrected chi connectivity index (χ1v) is 6.39. The van der Waals surface area contributed by atoms with E-state index in [-0.39, 0.29) is 13.2 Å². The summed E-state index contributed by atoms with van der Waals surface area (Å²) < 4.78 is 21.0. The van der Waals surface area contributed by atoms with Crippen LogP contribution in [0.15, 0.2) is 30.3 Å². The van der Waals surface area contributed by atoms with Crippen LogP contribution >= 0.6 is 0 Å². The van der Waals surface area contributed by atoms with Crippen molar-refractivity contribution < 1.29 is 28.8 Å². The van der Waals surface area contributed by atoms with Crippen molar-refractivity contribution in [3.63, 3.8) is 0 Å². The van der Waals surface area contributed by atoms with Crippen LogP contribution in [0.1, 0.15) is 10.4 Å². The summed E-state index contributed by atoms with van der Waals surface area (Å²) in [4.78, 5) is 11.8. The van der Waals surface area contributed by atoms with Crippen LogP contribution in [0.4, 0.5) is 0 Å². The van der Waals surface area contributed by atoms with E-state index in [0.717, 1.165) is 0 Å². The number of rotatable bonds is 4. The predicted molar refractivity (Wildman–Crippen MR) is 67.1 cm³/mol. The van der Waals surface area contributed by atoms with E-state index in [1.165, 1.54) is 7.11 Å². The number of hydrogen-bond acceptors (Lipinski definition) is 6. The fourth-order valence-electron chi connectivity index (χ4n) is 2.46. The molecule has 0 amide bonds. The predicted octanol–water partition coefficient (Wildman–Crippen LogP) is 0.345. The van der Waals surface area contributed by atoms with E-state index in [0.29, 0.717) is 5.56 Å². The molecule has 1 aromatic rings. The Kier molecular flexibility index (Phi) is 3.47. The maximum Gasteiger partial charge on any atom is 0.338 e. The van der Waals surface area contributed by atoms with Crippen LogP contribution in [-0.2, 0) is 18.9 Å². The van der Waals surface area contributed by atoms with Gasteiger partial charge in [-0.15, -0.1) is 0 Å². The monoisotopic (exact) mass is 280 g/mol. The number of carbonyl (C=O) groups excluding carboxylic acids is 1. The van der Waals surface area contributed by atoms with Crippen molar-refractivity contribution in [2.24, 2.45) is 0 Å². The molecular formula is C14H16O6. The van der Waals surface area contributed by atoms with E-state index in [1.54, 1.807) is 24.3 Å². The van der Waals surface area contributed by atoms with Gasteiger partial charge in [-0.25, -0.2) is 4.79 Å². The van der Waals surface area contributed by atoms with Gasteiger partial charge in [0.1, 0.15) is 24.4 Å². The van der Waals surface area contributed by atoms with E-state index in [9.17, 15) is 9.90 Å². The van der Waals surface area contributed by atoms with Crippen LogP contribution in [-0.4, -0.2) is 55.5 Å². The highest BCUT2D eigenvalue weighted by Crippen LogP contribution is 2.41. The van der Waals surface area contributed by atoms with Gasteiger partial charge >= 0.3 is 5.97 Å². The van der Waals surface area contributed by atoms with Crippen molar-refractivity contribution in [3.8, 4) is 0 Å². The molecule has 0 aromatic heterocycles. The molecule has 3 rings (SSSR count). The number of benzene rings is 1.